The van der Waals surface area contributed by atoms with E-state index < -0.39 is 0 Å². The number of fused-ring (bicyclic) bond motifs is 10. The fourth-order valence-electron chi connectivity index (χ4n) is 9.77. The molecule has 12 aromatic rings. The topological polar surface area (TPSA) is 26.0 Å². The molecule has 4 heterocycles. The van der Waals surface area contributed by atoms with E-state index in [1.165, 1.54) is 86.3 Å². The summed E-state index contributed by atoms with van der Waals surface area (Å²) in [7, 11) is 0. The smallest absolute Gasteiger partial charge is 0.0723 e. The second kappa shape index (κ2) is 13.0. The largest absolute Gasteiger partial charge is 0.309 e. The molecule has 3 aromatic heterocycles. The summed E-state index contributed by atoms with van der Waals surface area (Å²) in [6, 6.07) is 73.0. The highest BCUT2D eigenvalue weighted by molar-refractivity contribution is 8.00. The van der Waals surface area contributed by atoms with E-state index in [4.69, 9.17) is 4.98 Å². The van der Waals surface area contributed by atoms with Gasteiger partial charge in [0.15, 0.2) is 0 Å². The zero-order valence-corrected chi connectivity index (χ0v) is 33.1. The van der Waals surface area contributed by atoms with Crippen LogP contribution in [0.25, 0.3) is 87.8 Å². The Balaban J connectivity index is 1.13. The SMILES string of the molecule is c1ccc(-c2ccccc2N(c2ccc3c(c2)c2ccccc2n3-c2c3ccccc3cc3ccccc23)c2ccc3c4ccccc4n4c3c2Sc2ccccc2-4)nc1. The Morgan fingerprint density at radius 2 is 1.07 bits per heavy atom. The molecular weight excluding hydrogens is 749 g/mol. The predicted molar refractivity (Wildman–Crippen MR) is 252 cm³/mol. The molecular formula is C55H34N4S. The highest BCUT2D eigenvalue weighted by Gasteiger charge is 2.29. The molecule has 0 saturated carbocycles. The molecule has 0 aliphatic carbocycles. The van der Waals surface area contributed by atoms with Gasteiger partial charge in [0.1, 0.15) is 0 Å². The number of rotatable bonds is 5. The van der Waals surface area contributed by atoms with Gasteiger partial charge in [-0.25, -0.2) is 0 Å². The van der Waals surface area contributed by atoms with Gasteiger partial charge < -0.3 is 14.0 Å². The van der Waals surface area contributed by atoms with Crippen molar-refractivity contribution in [1.29, 1.82) is 0 Å². The van der Waals surface area contributed by atoms with Crippen molar-refractivity contribution in [2.24, 2.45) is 0 Å². The Hall–Kier alpha value is -7.60. The van der Waals surface area contributed by atoms with Gasteiger partial charge in [-0.2, -0.15) is 0 Å². The minimum atomic E-state index is 0.931. The van der Waals surface area contributed by atoms with Gasteiger partial charge in [0.05, 0.1) is 55.4 Å². The third-order valence-electron chi connectivity index (χ3n) is 12.3. The molecule has 280 valence electrons. The molecule has 0 unspecified atom stereocenters. The minimum absolute atomic E-state index is 0.931. The molecule has 9 aromatic carbocycles. The molecule has 0 fully saturated rings. The molecule has 0 N–H and O–H groups in total. The number of nitrogens with zero attached hydrogens (tertiary/aromatic N) is 4. The van der Waals surface area contributed by atoms with E-state index in [-0.39, 0.29) is 0 Å². The van der Waals surface area contributed by atoms with Crippen LogP contribution in [0, 0.1) is 0 Å². The van der Waals surface area contributed by atoms with Crippen LogP contribution in [-0.2, 0) is 0 Å². The predicted octanol–water partition coefficient (Wildman–Crippen LogP) is 15.2. The number of anilines is 3. The molecule has 13 rings (SSSR count). The number of para-hydroxylation sites is 4. The van der Waals surface area contributed by atoms with Crippen LogP contribution in [0.1, 0.15) is 0 Å². The van der Waals surface area contributed by atoms with Crippen molar-refractivity contribution in [3.63, 3.8) is 0 Å². The van der Waals surface area contributed by atoms with Crippen molar-refractivity contribution in [3.8, 4) is 22.6 Å². The standard InChI is InChI=1S/C55H34N4S/c1-3-17-38-35(15-1)33-36-16-2-4-18-39(36)53(38)58-47-24-9-6-20-41(47)44-34-37(28-30-49(44)58)57(48-25-10-7-21-43(48)45-22-13-14-32-56-45)51-31-29-42-40-19-5-8-23-46(40)59-50-26-11-12-27-52(50)60-55(51)54(42)59/h1-34H. The van der Waals surface area contributed by atoms with Crippen molar-refractivity contribution in [3.05, 3.63) is 206 Å². The van der Waals surface area contributed by atoms with E-state index in [9.17, 15) is 0 Å². The fraction of sp³-hybridized carbons (Fsp3) is 0. The molecule has 0 bridgehead atoms. The first-order valence-electron chi connectivity index (χ1n) is 20.4. The van der Waals surface area contributed by atoms with Gasteiger partial charge >= 0.3 is 0 Å². The van der Waals surface area contributed by atoms with Crippen molar-refractivity contribution in [2.45, 2.75) is 9.79 Å². The molecule has 60 heavy (non-hydrogen) atoms. The molecule has 1 aliphatic rings. The lowest BCUT2D eigenvalue weighted by Gasteiger charge is -2.31. The zero-order valence-electron chi connectivity index (χ0n) is 32.3. The van der Waals surface area contributed by atoms with Crippen LogP contribution >= 0.6 is 11.8 Å². The van der Waals surface area contributed by atoms with Gasteiger partial charge in [0, 0.05) is 54.7 Å². The van der Waals surface area contributed by atoms with E-state index in [0.717, 1.165) is 28.3 Å². The third-order valence-corrected chi connectivity index (χ3v) is 13.5. The van der Waals surface area contributed by atoms with Crippen LogP contribution in [0.5, 0.6) is 0 Å². The van der Waals surface area contributed by atoms with Gasteiger partial charge in [0.25, 0.3) is 0 Å². The highest BCUT2D eigenvalue weighted by Crippen LogP contribution is 2.54. The van der Waals surface area contributed by atoms with E-state index in [1.807, 2.05) is 24.0 Å². The number of benzene rings is 9. The molecule has 0 saturated heterocycles. The fourth-order valence-corrected chi connectivity index (χ4v) is 11.0. The monoisotopic (exact) mass is 782 g/mol. The number of hydrogen-bond donors (Lipinski definition) is 0. The second-order valence-electron chi connectivity index (χ2n) is 15.5. The van der Waals surface area contributed by atoms with Crippen LogP contribution in [0.15, 0.2) is 216 Å². The Morgan fingerprint density at radius 3 is 1.85 bits per heavy atom. The van der Waals surface area contributed by atoms with Gasteiger partial charge in [-0.05, 0) is 83.6 Å². The van der Waals surface area contributed by atoms with E-state index >= 15 is 0 Å². The Morgan fingerprint density at radius 1 is 0.433 bits per heavy atom. The van der Waals surface area contributed by atoms with Crippen molar-refractivity contribution >= 4 is 94.0 Å². The summed E-state index contributed by atoms with van der Waals surface area (Å²) in [5.41, 5.74) is 12.5. The van der Waals surface area contributed by atoms with Crippen LogP contribution in [0.2, 0.25) is 0 Å². The van der Waals surface area contributed by atoms with Gasteiger partial charge in [0.2, 0.25) is 0 Å². The van der Waals surface area contributed by atoms with E-state index in [0.29, 0.717) is 0 Å². The third kappa shape index (κ3) is 4.78. The Kier molecular flexibility index (Phi) is 7.21. The number of pyridine rings is 1. The van der Waals surface area contributed by atoms with E-state index in [2.05, 4.69) is 208 Å². The van der Waals surface area contributed by atoms with Crippen LogP contribution in [-0.4, -0.2) is 14.1 Å². The average molecular weight is 783 g/mol. The summed E-state index contributed by atoms with van der Waals surface area (Å²) in [4.78, 5) is 9.83. The number of hydrogen-bond acceptors (Lipinski definition) is 3. The lowest BCUT2D eigenvalue weighted by Crippen LogP contribution is -2.14. The quantitative estimate of drug-likeness (QED) is 0.163. The second-order valence-corrected chi connectivity index (χ2v) is 16.6. The van der Waals surface area contributed by atoms with Crippen molar-refractivity contribution in [2.75, 3.05) is 4.90 Å². The lowest BCUT2D eigenvalue weighted by atomic mass is 10.0. The van der Waals surface area contributed by atoms with E-state index in [1.54, 1.807) is 0 Å². The minimum Gasteiger partial charge on any atom is -0.309 e. The van der Waals surface area contributed by atoms with Crippen LogP contribution in [0.4, 0.5) is 17.1 Å². The van der Waals surface area contributed by atoms with Crippen LogP contribution in [0.3, 0.4) is 0 Å². The summed E-state index contributed by atoms with van der Waals surface area (Å²) in [6.07, 6.45) is 1.88. The first kappa shape index (κ1) is 33.4. The van der Waals surface area contributed by atoms with Gasteiger partial charge in [-0.15, -0.1) is 0 Å². The van der Waals surface area contributed by atoms with Crippen molar-refractivity contribution < 1.29 is 0 Å². The molecule has 4 nitrogen and oxygen atoms in total. The molecule has 0 amide bonds. The Labute approximate surface area is 350 Å². The maximum absolute atomic E-state index is 4.89. The van der Waals surface area contributed by atoms with Crippen molar-refractivity contribution in [1.82, 2.24) is 14.1 Å². The summed E-state index contributed by atoms with van der Waals surface area (Å²) in [6.45, 7) is 0. The average Bonchev–Trinajstić information content (AvgIpc) is 3.83. The summed E-state index contributed by atoms with van der Waals surface area (Å²) in [5.74, 6) is 0. The molecule has 0 spiro atoms. The molecule has 1 aliphatic heterocycles. The normalized spacial score (nSPS) is 12.3. The van der Waals surface area contributed by atoms with Gasteiger partial charge in [-0.1, -0.05) is 139 Å². The maximum Gasteiger partial charge on any atom is 0.0723 e. The molecule has 5 heteroatoms. The lowest BCUT2D eigenvalue weighted by molar-refractivity contribution is 1.08. The number of aromatic nitrogens is 3. The molecule has 0 radical (unpaired) electrons. The van der Waals surface area contributed by atoms with Gasteiger partial charge in [-0.3, -0.25) is 4.98 Å². The highest BCUT2D eigenvalue weighted by atomic mass is 32.2. The molecule has 0 atom stereocenters. The first-order valence-corrected chi connectivity index (χ1v) is 21.2. The van der Waals surface area contributed by atoms with Crippen LogP contribution < -0.4 is 4.90 Å². The Bertz CT molecular complexity index is 3660. The maximum atomic E-state index is 4.89. The summed E-state index contributed by atoms with van der Waals surface area (Å²) in [5, 5.41) is 9.84. The first-order chi connectivity index (χ1) is 29.8. The summed E-state index contributed by atoms with van der Waals surface area (Å²) < 4.78 is 4.97. The zero-order chi connectivity index (χ0) is 39.3. The summed E-state index contributed by atoms with van der Waals surface area (Å²) >= 11 is 1.86.